The molecule has 0 N–H and O–H groups in total. The van der Waals surface area contributed by atoms with Crippen LogP contribution in [-0.2, 0) is 31.1 Å². The van der Waals surface area contributed by atoms with Crippen molar-refractivity contribution in [2.24, 2.45) is 0 Å². The van der Waals surface area contributed by atoms with Gasteiger partial charge in [0.05, 0.1) is 13.0 Å². The Hall–Kier alpha value is -3.36. The van der Waals surface area contributed by atoms with Gasteiger partial charge in [0.25, 0.3) is 0 Å². The molecule has 368 valence electrons. The number of hydrogen-bond acceptors (Lipinski definition) is 4. The molecule has 0 aliphatic heterocycles. The van der Waals surface area contributed by atoms with E-state index in [9.17, 15) is 0 Å². The maximum atomic E-state index is 4.03. The van der Waals surface area contributed by atoms with Gasteiger partial charge in [0, 0.05) is 29.3 Å². The minimum Gasteiger partial charge on any atom is -0.134 e. The summed E-state index contributed by atoms with van der Waals surface area (Å²) in [5, 5.41) is 0. The Morgan fingerprint density at radius 3 is 1.08 bits per heavy atom. The highest BCUT2D eigenvalue weighted by Crippen LogP contribution is 2.64. The number of aryl methyl sites for hydroxylation is 4. The predicted octanol–water partition coefficient (Wildman–Crippen LogP) is 23.0. The number of fused-ring (bicyclic) bond motifs is 10. The third-order valence-corrected chi connectivity index (χ3v) is 22.2. The molecule has 6 heteroatoms. The zero-order valence-electron chi connectivity index (χ0n) is 42.4. The maximum Gasteiger partial charge on any atom is 0.0737 e. The van der Waals surface area contributed by atoms with Crippen LogP contribution in [0.1, 0.15) is 175 Å². The summed E-state index contributed by atoms with van der Waals surface area (Å²) in [7, 11) is 0. The second-order valence-electron chi connectivity index (χ2n) is 20.4. The van der Waals surface area contributed by atoms with Gasteiger partial charge in [0.2, 0.25) is 0 Å². The number of thiophene rings is 4. The largest absolute Gasteiger partial charge is 0.134 e. The molecule has 0 saturated carbocycles. The van der Waals surface area contributed by atoms with Crippen molar-refractivity contribution in [1.82, 2.24) is 0 Å². The van der Waals surface area contributed by atoms with Crippen molar-refractivity contribution in [2.45, 2.75) is 162 Å². The lowest BCUT2D eigenvalue weighted by Gasteiger charge is -2.31. The average molecular weight is 1140 g/mol. The van der Waals surface area contributed by atoms with Gasteiger partial charge in [-0.1, -0.05) is 178 Å². The van der Waals surface area contributed by atoms with E-state index in [0.29, 0.717) is 0 Å². The Kier molecular flexibility index (Phi) is 16.9. The highest BCUT2D eigenvalue weighted by Gasteiger charge is 2.52. The van der Waals surface area contributed by atoms with Crippen molar-refractivity contribution in [1.29, 1.82) is 0 Å². The zero-order valence-corrected chi connectivity index (χ0v) is 48.9. The highest BCUT2D eigenvalue weighted by molar-refractivity contribution is 9.11. The van der Waals surface area contributed by atoms with Gasteiger partial charge in [-0.15, -0.1) is 45.3 Å². The fourth-order valence-electron chi connectivity index (χ4n) is 11.7. The lowest BCUT2D eigenvalue weighted by Crippen LogP contribution is -2.26. The lowest BCUT2D eigenvalue weighted by atomic mass is 9.70. The first kappa shape index (κ1) is 51.1. The van der Waals surface area contributed by atoms with Gasteiger partial charge in [0.15, 0.2) is 0 Å². The van der Waals surface area contributed by atoms with E-state index in [1.807, 2.05) is 45.3 Å². The molecule has 4 aromatic carbocycles. The van der Waals surface area contributed by atoms with Gasteiger partial charge in [-0.3, -0.25) is 0 Å². The number of rotatable bonds is 24. The van der Waals surface area contributed by atoms with Crippen molar-refractivity contribution in [3.63, 3.8) is 0 Å². The number of halogens is 2. The van der Waals surface area contributed by atoms with Crippen molar-refractivity contribution in [2.75, 3.05) is 0 Å². The van der Waals surface area contributed by atoms with Crippen LogP contribution in [0.5, 0.6) is 0 Å². The van der Waals surface area contributed by atoms with Gasteiger partial charge in [0.1, 0.15) is 0 Å². The quantitative estimate of drug-likeness (QED) is 0.0529. The number of benzene rings is 4. The SMILES string of the molecule is CCCCCCc1cc(-c2sc(-c3ccc4c(c3)C3(c5ccccc5-c5ccccc53)c3cc(-c5cc(CCCCCC)c(-c6cc(CCCCCC)c(Br)s6)s5)ccc3-4)cc2CCCCCC)sc1Br. The molecule has 0 saturated heterocycles. The summed E-state index contributed by atoms with van der Waals surface area (Å²) >= 11 is 16.0. The molecule has 0 fully saturated rings. The number of hydrogen-bond donors (Lipinski definition) is 0. The monoisotopic (exact) mass is 1140 g/mol. The molecule has 4 aromatic heterocycles. The minimum absolute atomic E-state index is 0.424. The molecule has 4 heterocycles. The molecule has 0 nitrogen and oxygen atoms in total. The molecule has 1 spiro atoms. The Labute approximate surface area is 458 Å². The van der Waals surface area contributed by atoms with E-state index in [2.05, 4.69) is 169 Å². The third kappa shape index (κ3) is 10.3. The van der Waals surface area contributed by atoms with Crippen molar-refractivity contribution in [3.8, 4) is 62.6 Å². The van der Waals surface area contributed by atoms with Crippen LogP contribution in [0.3, 0.4) is 0 Å². The summed E-state index contributed by atoms with van der Waals surface area (Å²) in [4.78, 5) is 8.57. The number of unbranched alkanes of at least 4 members (excludes halogenated alkanes) is 12. The summed E-state index contributed by atoms with van der Waals surface area (Å²) in [6.45, 7) is 9.25. The van der Waals surface area contributed by atoms with Crippen molar-refractivity contribution >= 4 is 77.2 Å². The third-order valence-electron chi connectivity index (χ3n) is 15.4. The Balaban J connectivity index is 1.08. The van der Waals surface area contributed by atoms with Crippen LogP contribution in [0, 0.1) is 0 Å². The molecule has 8 aromatic rings. The molecule has 10 rings (SSSR count). The van der Waals surface area contributed by atoms with Crippen LogP contribution in [-0.4, -0.2) is 0 Å². The summed E-state index contributed by atoms with van der Waals surface area (Å²) < 4.78 is 2.63. The summed E-state index contributed by atoms with van der Waals surface area (Å²) in [6, 6.07) is 43.9. The van der Waals surface area contributed by atoms with E-state index < -0.39 is 5.41 Å². The lowest BCUT2D eigenvalue weighted by molar-refractivity contribution is 0.667. The molecule has 0 atom stereocenters. The Morgan fingerprint density at radius 1 is 0.338 bits per heavy atom. The summed E-state index contributed by atoms with van der Waals surface area (Å²) in [6.07, 6.45) is 25.1. The molecule has 0 unspecified atom stereocenters. The van der Waals surface area contributed by atoms with Crippen molar-refractivity contribution in [3.05, 3.63) is 161 Å². The van der Waals surface area contributed by atoms with Gasteiger partial charge in [-0.25, -0.2) is 0 Å². The molecule has 2 aliphatic carbocycles. The van der Waals surface area contributed by atoms with E-state index in [1.54, 1.807) is 0 Å². The minimum atomic E-state index is -0.424. The van der Waals surface area contributed by atoms with Crippen LogP contribution in [0.2, 0.25) is 0 Å². The molecule has 0 radical (unpaired) electrons. The smallest absolute Gasteiger partial charge is 0.0737 e. The molecule has 2 aliphatic rings. The summed E-state index contributed by atoms with van der Waals surface area (Å²) in [5.74, 6) is 0. The first-order chi connectivity index (χ1) is 34.9. The Bertz CT molecular complexity index is 2890. The normalized spacial score (nSPS) is 13.0. The second kappa shape index (κ2) is 23.5. The van der Waals surface area contributed by atoms with E-state index >= 15 is 0 Å². The van der Waals surface area contributed by atoms with Crippen LogP contribution < -0.4 is 0 Å². The highest BCUT2D eigenvalue weighted by atomic mass is 79.9. The van der Waals surface area contributed by atoms with Gasteiger partial charge in [-0.2, -0.15) is 0 Å². The first-order valence-corrected chi connectivity index (χ1v) is 32.0. The van der Waals surface area contributed by atoms with Crippen LogP contribution in [0.4, 0.5) is 0 Å². The van der Waals surface area contributed by atoms with Gasteiger partial charge >= 0.3 is 0 Å². The van der Waals surface area contributed by atoms with Crippen LogP contribution >= 0.6 is 77.2 Å². The molecular formula is C65H70Br2S4. The van der Waals surface area contributed by atoms with Gasteiger partial charge in [-0.05, 0) is 198 Å². The van der Waals surface area contributed by atoms with Gasteiger partial charge < -0.3 is 0 Å². The molecule has 0 bridgehead atoms. The first-order valence-electron chi connectivity index (χ1n) is 27.2. The van der Waals surface area contributed by atoms with E-state index in [-0.39, 0.29) is 0 Å². The molecular weight excluding hydrogens is 1070 g/mol. The van der Waals surface area contributed by atoms with E-state index in [4.69, 9.17) is 0 Å². The Morgan fingerprint density at radius 2 is 0.690 bits per heavy atom. The zero-order chi connectivity index (χ0) is 48.9. The van der Waals surface area contributed by atoms with Crippen LogP contribution in [0.25, 0.3) is 62.6 Å². The van der Waals surface area contributed by atoms with Crippen molar-refractivity contribution < 1.29 is 0 Å². The van der Waals surface area contributed by atoms with E-state index in [1.165, 1.54) is 217 Å². The molecule has 0 amide bonds. The fourth-order valence-corrected chi connectivity index (χ4v) is 18.0. The second-order valence-corrected chi connectivity index (χ2v) is 27.2. The predicted molar refractivity (Wildman–Crippen MR) is 323 cm³/mol. The van der Waals surface area contributed by atoms with E-state index in [0.717, 1.165) is 25.7 Å². The maximum absolute atomic E-state index is 4.03. The fraction of sp³-hybridized carbons (Fsp3) is 0.385. The molecule has 71 heavy (non-hydrogen) atoms. The standard InChI is InChI=1S/C65H70Br2S4/c1-5-9-13-17-25-45-39-57(68-61(45)59-41-47(63(66)70-59)27-19-15-11-7-3)43-33-35-51-52-36-34-44(38-56(52)65(55(51)37-43)53-31-23-21-29-49(53)50-30-22-24-32-54(50)65)58-40-46(26-18-14-10-6-2)62(69-58)60-42-48(64(67)71-60)28-20-16-12-8-4/h21-24,29-42H,5-20,25-28H2,1-4H3. The topological polar surface area (TPSA) is 0 Å². The average Bonchev–Trinajstić information content (AvgIpc) is 4.26. The summed E-state index contributed by atoms with van der Waals surface area (Å²) in [5.41, 5.74) is 19.4. The van der Waals surface area contributed by atoms with Crippen LogP contribution in [0.15, 0.2) is 117 Å².